The molecular weight excluding hydrogens is 531 g/mol. The molecule has 1 atom stereocenters. The number of fused-ring (bicyclic) bond motifs is 1. The zero-order valence-electron chi connectivity index (χ0n) is 19.7. The smallest absolute Gasteiger partial charge is 0.191 e. The van der Waals surface area contributed by atoms with Gasteiger partial charge in [-0.25, -0.2) is 0 Å². The number of nitrogens with zero attached hydrogens (tertiary/aromatic N) is 2. The summed E-state index contributed by atoms with van der Waals surface area (Å²) in [6.45, 7) is 6.37. The topological polar surface area (TPSA) is 67.4 Å². The van der Waals surface area contributed by atoms with Crippen molar-refractivity contribution >= 4 is 35.6 Å². The molecule has 0 radical (unpaired) electrons. The Labute approximate surface area is 213 Å². The van der Waals surface area contributed by atoms with Crippen LogP contribution < -0.4 is 29.7 Å². The lowest BCUT2D eigenvalue weighted by Crippen LogP contribution is -2.44. The van der Waals surface area contributed by atoms with Crippen molar-refractivity contribution in [3.05, 3.63) is 47.5 Å². The maximum Gasteiger partial charge on any atom is 0.191 e. The predicted octanol–water partition coefficient (Wildman–Crippen LogP) is 3.63. The lowest BCUT2D eigenvalue weighted by molar-refractivity contribution is 0.357. The van der Waals surface area contributed by atoms with Gasteiger partial charge in [0.25, 0.3) is 0 Å². The van der Waals surface area contributed by atoms with Crippen molar-refractivity contribution < 1.29 is 14.2 Å². The second-order valence-corrected chi connectivity index (χ2v) is 8.20. The van der Waals surface area contributed by atoms with Crippen LogP contribution in [0.4, 0.5) is 5.69 Å². The van der Waals surface area contributed by atoms with Crippen molar-refractivity contribution in [3.63, 3.8) is 0 Å². The average Bonchev–Trinajstić information content (AvgIpc) is 3.48. The number of hydrogen-bond acceptors (Lipinski definition) is 5. The van der Waals surface area contributed by atoms with Crippen molar-refractivity contribution in [2.75, 3.05) is 51.9 Å². The molecule has 0 spiro atoms. The zero-order chi connectivity index (χ0) is 22.3. The number of aliphatic imine (C=N–C) groups is 1. The van der Waals surface area contributed by atoms with Gasteiger partial charge in [-0.15, -0.1) is 24.0 Å². The molecule has 2 aromatic carbocycles. The van der Waals surface area contributed by atoms with E-state index in [-0.39, 0.29) is 24.0 Å². The lowest BCUT2D eigenvalue weighted by atomic mass is 10.1. The van der Waals surface area contributed by atoms with E-state index < -0.39 is 0 Å². The highest BCUT2D eigenvalue weighted by Crippen LogP contribution is 2.30. The molecule has 1 saturated heterocycles. The summed E-state index contributed by atoms with van der Waals surface area (Å²) in [5.74, 6) is 3.53. The average molecular weight is 566 g/mol. The Morgan fingerprint density at radius 2 is 1.94 bits per heavy atom. The summed E-state index contributed by atoms with van der Waals surface area (Å²) in [6, 6.07) is 12.9. The predicted molar refractivity (Wildman–Crippen MR) is 144 cm³/mol. The summed E-state index contributed by atoms with van der Waals surface area (Å²) >= 11 is 0. The molecule has 0 amide bonds. The van der Waals surface area contributed by atoms with E-state index in [4.69, 9.17) is 19.2 Å². The van der Waals surface area contributed by atoms with E-state index in [1.54, 1.807) is 14.2 Å². The third kappa shape index (κ3) is 6.59. The number of nitrogens with one attached hydrogen (secondary N) is 2. The van der Waals surface area contributed by atoms with Gasteiger partial charge < -0.3 is 29.7 Å². The van der Waals surface area contributed by atoms with E-state index in [2.05, 4.69) is 52.8 Å². The van der Waals surface area contributed by atoms with Crippen molar-refractivity contribution in [2.45, 2.75) is 32.2 Å². The minimum Gasteiger partial charge on any atom is -0.497 e. The fourth-order valence-corrected chi connectivity index (χ4v) is 4.29. The number of guanidine groups is 1. The number of benzene rings is 2. The Hall–Kier alpha value is -2.36. The molecule has 8 heteroatoms. The van der Waals surface area contributed by atoms with Crippen molar-refractivity contribution in [1.29, 1.82) is 0 Å². The summed E-state index contributed by atoms with van der Waals surface area (Å²) in [5, 5.41) is 7.01. The van der Waals surface area contributed by atoms with Gasteiger partial charge in [-0.2, -0.15) is 0 Å². The van der Waals surface area contributed by atoms with Crippen molar-refractivity contribution in [3.8, 4) is 17.2 Å². The minimum absolute atomic E-state index is 0. The fourth-order valence-electron chi connectivity index (χ4n) is 4.29. The van der Waals surface area contributed by atoms with Gasteiger partial charge in [-0.1, -0.05) is 12.1 Å². The molecule has 0 aliphatic carbocycles. The van der Waals surface area contributed by atoms with E-state index in [0.717, 1.165) is 80.9 Å². The largest absolute Gasteiger partial charge is 0.497 e. The van der Waals surface area contributed by atoms with Gasteiger partial charge in [0.05, 0.1) is 20.8 Å². The first-order chi connectivity index (χ1) is 15.7. The Kier molecular flexibility index (Phi) is 9.34. The van der Waals surface area contributed by atoms with Gasteiger partial charge in [-0.3, -0.25) is 4.99 Å². The highest BCUT2D eigenvalue weighted by Gasteiger charge is 2.24. The van der Waals surface area contributed by atoms with Crippen LogP contribution in [-0.2, 0) is 12.8 Å². The summed E-state index contributed by atoms with van der Waals surface area (Å²) in [7, 11) is 3.37. The molecule has 7 nitrogen and oxygen atoms in total. The van der Waals surface area contributed by atoms with Gasteiger partial charge in [0.2, 0.25) is 0 Å². The van der Waals surface area contributed by atoms with Crippen LogP contribution in [0.3, 0.4) is 0 Å². The molecule has 180 valence electrons. The van der Waals surface area contributed by atoms with Crippen molar-refractivity contribution in [1.82, 2.24) is 10.6 Å². The molecule has 1 unspecified atom stereocenters. The number of rotatable bonds is 8. The van der Waals surface area contributed by atoms with E-state index in [1.165, 1.54) is 11.1 Å². The molecule has 0 aromatic heterocycles. The van der Waals surface area contributed by atoms with Gasteiger partial charge >= 0.3 is 0 Å². The minimum atomic E-state index is 0. The van der Waals surface area contributed by atoms with Crippen LogP contribution in [0.25, 0.3) is 0 Å². The summed E-state index contributed by atoms with van der Waals surface area (Å²) in [6.07, 6.45) is 2.98. The van der Waals surface area contributed by atoms with E-state index in [1.807, 2.05) is 6.07 Å². The van der Waals surface area contributed by atoms with E-state index in [0.29, 0.717) is 6.04 Å². The second kappa shape index (κ2) is 12.2. The van der Waals surface area contributed by atoms with Crippen LogP contribution in [0.1, 0.15) is 24.5 Å². The lowest BCUT2D eigenvalue weighted by Gasteiger charge is -2.21. The van der Waals surface area contributed by atoms with Crippen LogP contribution in [0.15, 0.2) is 41.4 Å². The summed E-state index contributed by atoms with van der Waals surface area (Å²) in [4.78, 5) is 7.18. The van der Waals surface area contributed by atoms with Gasteiger partial charge in [0, 0.05) is 62.5 Å². The molecule has 2 N–H and O–H groups in total. The van der Waals surface area contributed by atoms with Crippen LogP contribution in [0, 0.1) is 0 Å². The SMILES string of the molecule is CCNC(=NCCc1ccc2c(c1)CCO2)NC1CCN(c2cc(OC)cc(OC)c2)C1.I. The van der Waals surface area contributed by atoms with Gasteiger partial charge in [0.1, 0.15) is 17.2 Å². The Morgan fingerprint density at radius 3 is 2.67 bits per heavy atom. The molecule has 33 heavy (non-hydrogen) atoms. The normalized spacial score (nSPS) is 17.1. The maximum atomic E-state index is 5.60. The van der Waals surface area contributed by atoms with E-state index >= 15 is 0 Å². The fraction of sp³-hybridized carbons (Fsp3) is 0.480. The summed E-state index contributed by atoms with van der Waals surface area (Å²) < 4.78 is 16.5. The number of ether oxygens (including phenoxy) is 3. The van der Waals surface area contributed by atoms with Crippen LogP contribution in [0.2, 0.25) is 0 Å². The van der Waals surface area contributed by atoms with Crippen molar-refractivity contribution in [2.24, 2.45) is 4.99 Å². The van der Waals surface area contributed by atoms with Gasteiger partial charge in [0.15, 0.2) is 5.96 Å². The first-order valence-electron chi connectivity index (χ1n) is 11.5. The third-order valence-electron chi connectivity index (χ3n) is 6.00. The molecular formula is C25H35IN4O3. The second-order valence-electron chi connectivity index (χ2n) is 8.20. The Morgan fingerprint density at radius 1 is 1.15 bits per heavy atom. The zero-order valence-corrected chi connectivity index (χ0v) is 22.1. The quantitative estimate of drug-likeness (QED) is 0.289. The highest BCUT2D eigenvalue weighted by atomic mass is 127. The monoisotopic (exact) mass is 566 g/mol. The molecule has 0 saturated carbocycles. The number of halogens is 1. The number of anilines is 1. The molecule has 4 rings (SSSR count). The molecule has 2 aliphatic heterocycles. The Balaban J connectivity index is 0.00000306. The standard InChI is InChI=1S/C25H34N4O3.HI/c1-4-26-25(27-10-7-18-5-6-24-19(13-18)9-12-32-24)28-20-8-11-29(17-20)21-14-22(30-2)16-23(15-21)31-3;/h5-6,13-16,20H,4,7-12,17H2,1-3H3,(H2,26,27,28);1H. The first kappa shape index (κ1) is 25.3. The molecule has 2 aliphatic rings. The van der Waals surface area contributed by atoms with E-state index in [9.17, 15) is 0 Å². The Bertz CT molecular complexity index is 931. The molecule has 2 aromatic rings. The van der Waals surface area contributed by atoms with Crippen LogP contribution >= 0.6 is 24.0 Å². The molecule has 2 heterocycles. The van der Waals surface area contributed by atoms with Gasteiger partial charge in [-0.05, 0) is 37.0 Å². The summed E-state index contributed by atoms with van der Waals surface area (Å²) in [5.41, 5.74) is 3.75. The highest BCUT2D eigenvalue weighted by molar-refractivity contribution is 14.0. The van der Waals surface area contributed by atoms with Crippen LogP contribution in [-0.4, -0.2) is 59.0 Å². The number of methoxy groups -OCH3 is 2. The third-order valence-corrected chi connectivity index (χ3v) is 6.00. The number of hydrogen-bond donors (Lipinski definition) is 2. The maximum absolute atomic E-state index is 5.60. The molecule has 0 bridgehead atoms. The van der Waals surface area contributed by atoms with Crippen LogP contribution in [0.5, 0.6) is 17.2 Å². The molecule has 1 fully saturated rings. The first-order valence-corrected chi connectivity index (χ1v) is 11.5.